The topological polar surface area (TPSA) is 32.3 Å². The Labute approximate surface area is 115 Å². The lowest BCUT2D eigenvalue weighted by molar-refractivity contribution is -0.130. The number of rotatable bonds is 5. The third-order valence-corrected chi connectivity index (χ3v) is 5.80. The van der Waals surface area contributed by atoms with E-state index in [-0.39, 0.29) is 0 Å². The molecule has 2 aliphatic rings. The van der Waals surface area contributed by atoms with Crippen molar-refractivity contribution in [2.24, 2.45) is 0 Å². The van der Waals surface area contributed by atoms with Crippen molar-refractivity contribution in [2.75, 3.05) is 32.4 Å². The molecular formula is C14H26N2OS. The average Bonchev–Trinajstić information content (AvgIpc) is 2.61. The number of hydrogen-bond acceptors (Lipinski definition) is 3. The summed E-state index contributed by atoms with van der Waals surface area (Å²) in [5.41, 5.74) is 0. The lowest BCUT2D eigenvalue weighted by atomic mass is 9.84. The SMILES string of the molecule is CSC1(CNCC(=O)N2CCCCCC2)CCC1. The quantitative estimate of drug-likeness (QED) is 0.832. The summed E-state index contributed by atoms with van der Waals surface area (Å²) in [7, 11) is 0. The van der Waals surface area contributed by atoms with Gasteiger partial charge in [0, 0.05) is 24.4 Å². The summed E-state index contributed by atoms with van der Waals surface area (Å²) in [6.07, 6.45) is 11.1. The zero-order valence-corrected chi connectivity index (χ0v) is 12.4. The molecule has 0 atom stereocenters. The van der Waals surface area contributed by atoms with E-state index in [9.17, 15) is 4.79 Å². The molecule has 18 heavy (non-hydrogen) atoms. The summed E-state index contributed by atoms with van der Waals surface area (Å²) in [6.45, 7) is 3.46. The summed E-state index contributed by atoms with van der Waals surface area (Å²) in [4.78, 5) is 14.1. The van der Waals surface area contributed by atoms with Crippen molar-refractivity contribution in [2.45, 2.75) is 49.7 Å². The molecule has 104 valence electrons. The molecule has 0 spiro atoms. The zero-order chi connectivity index (χ0) is 12.8. The van der Waals surface area contributed by atoms with Crippen LogP contribution >= 0.6 is 11.8 Å². The molecule has 1 heterocycles. The minimum absolute atomic E-state index is 0.299. The number of nitrogens with zero attached hydrogens (tertiary/aromatic N) is 1. The molecule has 0 aromatic carbocycles. The monoisotopic (exact) mass is 270 g/mol. The van der Waals surface area contributed by atoms with Gasteiger partial charge in [0.05, 0.1) is 6.54 Å². The molecule has 0 aromatic rings. The van der Waals surface area contributed by atoms with Crippen LogP contribution in [0.1, 0.15) is 44.9 Å². The highest BCUT2D eigenvalue weighted by Crippen LogP contribution is 2.42. The highest BCUT2D eigenvalue weighted by atomic mass is 32.2. The van der Waals surface area contributed by atoms with E-state index in [0.29, 0.717) is 17.2 Å². The second-order valence-corrected chi connectivity index (χ2v) is 6.91. The Kier molecular flexibility index (Phi) is 5.37. The van der Waals surface area contributed by atoms with Gasteiger partial charge in [0.25, 0.3) is 0 Å². The molecule has 4 heteroatoms. The molecule has 1 saturated heterocycles. The molecule has 1 aliphatic carbocycles. The lowest BCUT2D eigenvalue weighted by Crippen LogP contribution is -2.47. The number of amides is 1. The molecule has 0 unspecified atom stereocenters. The highest BCUT2D eigenvalue weighted by Gasteiger charge is 2.35. The Bertz CT molecular complexity index is 265. The van der Waals surface area contributed by atoms with Gasteiger partial charge in [-0.05, 0) is 31.9 Å². The van der Waals surface area contributed by atoms with Crippen LogP contribution in [-0.2, 0) is 4.79 Å². The predicted octanol–water partition coefficient (Wildman–Crippen LogP) is 2.26. The van der Waals surface area contributed by atoms with Crippen LogP contribution in [0, 0.1) is 0 Å². The van der Waals surface area contributed by atoms with Crippen LogP contribution in [0.4, 0.5) is 0 Å². The number of nitrogens with one attached hydrogen (secondary N) is 1. The van der Waals surface area contributed by atoms with Gasteiger partial charge >= 0.3 is 0 Å². The van der Waals surface area contributed by atoms with Crippen LogP contribution in [0.2, 0.25) is 0 Å². The van der Waals surface area contributed by atoms with E-state index in [0.717, 1.165) is 19.6 Å². The molecular weight excluding hydrogens is 244 g/mol. The fraction of sp³-hybridized carbons (Fsp3) is 0.929. The summed E-state index contributed by atoms with van der Waals surface area (Å²) < 4.78 is 0.430. The Morgan fingerprint density at radius 2 is 1.83 bits per heavy atom. The van der Waals surface area contributed by atoms with Crippen molar-refractivity contribution in [1.82, 2.24) is 10.2 Å². The van der Waals surface area contributed by atoms with Gasteiger partial charge in [-0.3, -0.25) is 4.79 Å². The minimum atomic E-state index is 0.299. The molecule has 0 bridgehead atoms. The second kappa shape index (κ2) is 6.80. The van der Waals surface area contributed by atoms with Gasteiger partial charge in [-0.25, -0.2) is 0 Å². The molecule has 0 aromatic heterocycles. The van der Waals surface area contributed by atoms with E-state index in [2.05, 4.69) is 11.6 Å². The maximum atomic E-state index is 12.1. The Hall–Kier alpha value is -0.220. The Morgan fingerprint density at radius 1 is 1.17 bits per heavy atom. The van der Waals surface area contributed by atoms with Gasteiger partial charge in [-0.15, -0.1) is 0 Å². The molecule has 1 saturated carbocycles. The fourth-order valence-corrected chi connectivity index (χ4v) is 3.80. The largest absolute Gasteiger partial charge is 0.342 e. The summed E-state index contributed by atoms with van der Waals surface area (Å²) in [5.74, 6) is 0.299. The third-order valence-electron chi connectivity index (χ3n) is 4.38. The van der Waals surface area contributed by atoms with Crippen molar-refractivity contribution >= 4 is 17.7 Å². The molecule has 1 N–H and O–H groups in total. The van der Waals surface area contributed by atoms with Gasteiger partial charge in [0.2, 0.25) is 5.91 Å². The van der Waals surface area contributed by atoms with Crippen LogP contribution in [0.15, 0.2) is 0 Å². The predicted molar refractivity (Wildman–Crippen MR) is 78.0 cm³/mol. The van der Waals surface area contributed by atoms with Gasteiger partial charge < -0.3 is 10.2 Å². The molecule has 2 rings (SSSR count). The first-order chi connectivity index (χ1) is 8.76. The standard InChI is InChI=1S/C14H26N2OS/c1-18-14(7-6-8-14)12-15-11-13(17)16-9-4-2-3-5-10-16/h15H,2-12H2,1H3. The smallest absolute Gasteiger partial charge is 0.236 e. The zero-order valence-electron chi connectivity index (χ0n) is 11.5. The van der Waals surface area contributed by atoms with Crippen LogP contribution in [0.5, 0.6) is 0 Å². The first kappa shape index (κ1) is 14.2. The number of likely N-dealkylation sites (tertiary alicyclic amines) is 1. The van der Waals surface area contributed by atoms with E-state index >= 15 is 0 Å². The maximum absolute atomic E-state index is 12.1. The van der Waals surface area contributed by atoms with Crippen molar-refractivity contribution in [3.8, 4) is 0 Å². The normalized spacial score (nSPS) is 23.3. The summed E-state index contributed by atoms with van der Waals surface area (Å²) >= 11 is 1.96. The van der Waals surface area contributed by atoms with Crippen LogP contribution in [0.25, 0.3) is 0 Å². The second-order valence-electron chi connectivity index (χ2n) is 5.64. The van der Waals surface area contributed by atoms with E-state index in [1.807, 2.05) is 16.7 Å². The van der Waals surface area contributed by atoms with Crippen molar-refractivity contribution in [3.63, 3.8) is 0 Å². The first-order valence-electron chi connectivity index (χ1n) is 7.29. The van der Waals surface area contributed by atoms with Gasteiger partial charge in [0.1, 0.15) is 0 Å². The average molecular weight is 270 g/mol. The van der Waals surface area contributed by atoms with E-state index < -0.39 is 0 Å². The summed E-state index contributed by atoms with van der Waals surface area (Å²) in [5, 5.41) is 3.38. The minimum Gasteiger partial charge on any atom is -0.342 e. The number of hydrogen-bond donors (Lipinski definition) is 1. The van der Waals surface area contributed by atoms with Crippen LogP contribution < -0.4 is 5.32 Å². The number of carbonyl (C=O) groups excluding carboxylic acids is 1. The third kappa shape index (κ3) is 3.64. The van der Waals surface area contributed by atoms with Crippen molar-refractivity contribution in [3.05, 3.63) is 0 Å². The summed E-state index contributed by atoms with van der Waals surface area (Å²) in [6, 6.07) is 0. The fourth-order valence-electron chi connectivity index (χ4n) is 2.85. The molecule has 3 nitrogen and oxygen atoms in total. The van der Waals surface area contributed by atoms with E-state index in [1.54, 1.807) is 0 Å². The van der Waals surface area contributed by atoms with Crippen LogP contribution in [-0.4, -0.2) is 48.0 Å². The molecule has 1 aliphatic heterocycles. The number of thioether (sulfide) groups is 1. The van der Waals surface area contributed by atoms with E-state index in [1.165, 1.54) is 44.9 Å². The maximum Gasteiger partial charge on any atom is 0.236 e. The van der Waals surface area contributed by atoms with Gasteiger partial charge in [-0.1, -0.05) is 19.3 Å². The van der Waals surface area contributed by atoms with Gasteiger partial charge in [-0.2, -0.15) is 11.8 Å². The van der Waals surface area contributed by atoms with E-state index in [4.69, 9.17) is 0 Å². The van der Waals surface area contributed by atoms with Gasteiger partial charge in [0.15, 0.2) is 0 Å². The Morgan fingerprint density at radius 3 is 2.33 bits per heavy atom. The highest BCUT2D eigenvalue weighted by molar-refractivity contribution is 8.00. The van der Waals surface area contributed by atoms with Crippen molar-refractivity contribution < 1.29 is 4.79 Å². The lowest BCUT2D eigenvalue weighted by Gasteiger charge is -2.40. The molecule has 1 amide bonds. The first-order valence-corrected chi connectivity index (χ1v) is 8.52. The van der Waals surface area contributed by atoms with Crippen molar-refractivity contribution in [1.29, 1.82) is 0 Å². The molecule has 2 fully saturated rings. The Balaban J connectivity index is 1.67. The number of carbonyl (C=O) groups is 1. The van der Waals surface area contributed by atoms with Crippen LogP contribution in [0.3, 0.4) is 0 Å². The molecule has 0 radical (unpaired) electrons.